The van der Waals surface area contributed by atoms with Crippen LogP contribution >= 0.6 is 11.3 Å². The molecule has 8 heteroatoms. The number of nitro benzene ring substituents is 1. The number of amides is 1. The summed E-state index contributed by atoms with van der Waals surface area (Å²) in [6.07, 6.45) is 2.11. The molecule has 0 spiro atoms. The first kappa shape index (κ1) is 18.3. The number of hydrogen-bond donors (Lipinski definition) is 1. The quantitative estimate of drug-likeness (QED) is 0.619. The van der Waals surface area contributed by atoms with Gasteiger partial charge in [-0.05, 0) is 36.8 Å². The van der Waals surface area contributed by atoms with E-state index in [0.29, 0.717) is 38.2 Å². The molecule has 0 atom stereocenters. The molecule has 2 aromatic rings. The highest BCUT2D eigenvalue weighted by atomic mass is 32.1. The molecule has 0 radical (unpaired) electrons. The number of halogens is 1. The van der Waals surface area contributed by atoms with Crippen LogP contribution in [-0.2, 0) is 11.2 Å². The third-order valence-corrected chi connectivity index (χ3v) is 5.54. The standard InChI is InChI=1S/C18H20FN3O3S/c19-16-12-14(22(24)25)3-4-17(16)21-9-6-13(7-10-21)18(23)20-8-5-15-2-1-11-26-15/h1-4,11-13H,5-10H2,(H,20,23). The molecule has 1 N–H and O–H groups in total. The Morgan fingerprint density at radius 3 is 2.73 bits per heavy atom. The molecule has 0 unspecified atom stereocenters. The second-order valence-electron chi connectivity index (χ2n) is 6.27. The predicted octanol–water partition coefficient (Wildman–Crippen LogP) is 3.37. The highest BCUT2D eigenvalue weighted by Crippen LogP contribution is 2.28. The van der Waals surface area contributed by atoms with E-state index in [4.69, 9.17) is 0 Å². The van der Waals surface area contributed by atoms with E-state index in [-0.39, 0.29) is 17.5 Å². The molecule has 26 heavy (non-hydrogen) atoms. The lowest BCUT2D eigenvalue weighted by molar-refractivity contribution is -0.385. The van der Waals surface area contributed by atoms with Gasteiger partial charge in [0.2, 0.25) is 5.91 Å². The summed E-state index contributed by atoms with van der Waals surface area (Å²) in [5, 5.41) is 15.7. The maximum absolute atomic E-state index is 14.1. The fourth-order valence-corrected chi connectivity index (χ4v) is 3.87. The molecule has 138 valence electrons. The first-order chi connectivity index (χ1) is 12.5. The van der Waals surface area contributed by atoms with Gasteiger partial charge in [-0.3, -0.25) is 14.9 Å². The van der Waals surface area contributed by atoms with E-state index in [1.807, 2.05) is 22.4 Å². The van der Waals surface area contributed by atoms with Crippen molar-refractivity contribution in [3.05, 3.63) is 56.5 Å². The molecule has 0 aliphatic carbocycles. The topological polar surface area (TPSA) is 75.5 Å². The molecule has 1 fully saturated rings. The summed E-state index contributed by atoms with van der Waals surface area (Å²) in [5.74, 6) is -0.626. The molecule has 1 saturated heterocycles. The normalized spacial score (nSPS) is 15.0. The van der Waals surface area contributed by atoms with Gasteiger partial charge in [0.05, 0.1) is 16.7 Å². The molecule has 1 aromatic heterocycles. The van der Waals surface area contributed by atoms with Crippen molar-refractivity contribution in [2.75, 3.05) is 24.5 Å². The molecule has 1 amide bonds. The van der Waals surface area contributed by atoms with Crippen molar-refractivity contribution in [2.24, 2.45) is 5.92 Å². The van der Waals surface area contributed by atoms with Crippen LogP contribution in [-0.4, -0.2) is 30.5 Å². The summed E-state index contributed by atoms with van der Waals surface area (Å²) in [7, 11) is 0. The van der Waals surface area contributed by atoms with Crippen LogP contribution in [0.3, 0.4) is 0 Å². The first-order valence-electron chi connectivity index (χ1n) is 8.53. The fourth-order valence-electron chi connectivity index (χ4n) is 3.16. The minimum absolute atomic E-state index is 0.0466. The Kier molecular flexibility index (Phi) is 5.82. The summed E-state index contributed by atoms with van der Waals surface area (Å²) in [6.45, 7) is 1.73. The van der Waals surface area contributed by atoms with Crippen LogP contribution in [0.5, 0.6) is 0 Å². The van der Waals surface area contributed by atoms with Crippen molar-refractivity contribution < 1.29 is 14.1 Å². The highest BCUT2D eigenvalue weighted by Gasteiger charge is 2.26. The van der Waals surface area contributed by atoms with Crippen LogP contribution in [0.4, 0.5) is 15.8 Å². The average molecular weight is 377 g/mol. The number of hydrogen-bond acceptors (Lipinski definition) is 5. The van der Waals surface area contributed by atoms with Crippen LogP contribution < -0.4 is 10.2 Å². The second-order valence-corrected chi connectivity index (χ2v) is 7.31. The summed E-state index contributed by atoms with van der Waals surface area (Å²) in [5.41, 5.74) is 0.0957. The van der Waals surface area contributed by atoms with E-state index in [9.17, 15) is 19.3 Å². The van der Waals surface area contributed by atoms with Gasteiger partial charge in [0.25, 0.3) is 5.69 Å². The summed E-state index contributed by atoms with van der Waals surface area (Å²) in [6, 6.07) is 7.73. The Hall–Kier alpha value is -2.48. The van der Waals surface area contributed by atoms with Gasteiger partial charge in [0.1, 0.15) is 0 Å². The van der Waals surface area contributed by atoms with E-state index in [0.717, 1.165) is 12.5 Å². The van der Waals surface area contributed by atoms with Crippen molar-refractivity contribution >= 4 is 28.6 Å². The Morgan fingerprint density at radius 1 is 1.35 bits per heavy atom. The number of non-ortho nitro benzene ring substituents is 1. The maximum Gasteiger partial charge on any atom is 0.272 e. The van der Waals surface area contributed by atoms with Crippen molar-refractivity contribution in [3.63, 3.8) is 0 Å². The smallest absolute Gasteiger partial charge is 0.272 e. The van der Waals surface area contributed by atoms with Crippen LogP contribution in [0.2, 0.25) is 0 Å². The lowest BCUT2D eigenvalue weighted by Gasteiger charge is -2.33. The van der Waals surface area contributed by atoms with Gasteiger partial charge < -0.3 is 10.2 Å². The van der Waals surface area contributed by atoms with Gasteiger partial charge in [-0.25, -0.2) is 4.39 Å². The van der Waals surface area contributed by atoms with Gasteiger partial charge in [0, 0.05) is 36.5 Å². The molecule has 0 saturated carbocycles. The third-order valence-electron chi connectivity index (χ3n) is 4.60. The second kappa shape index (κ2) is 8.27. The van der Waals surface area contributed by atoms with E-state index in [1.165, 1.54) is 17.0 Å². The fraction of sp³-hybridized carbons (Fsp3) is 0.389. The van der Waals surface area contributed by atoms with E-state index < -0.39 is 10.7 Å². The molecule has 6 nitrogen and oxygen atoms in total. The summed E-state index contributed by atoms with van der Waals surface area (Å²) < 4.78 is 14.1. The minimum atomic E-state index is -0.611. The number of thiophene rings is 1. The van der Waals surface area contributed by atoms with Crippen LogP contribution in [0, 0.1) is 21.8 Å². The number of carbonyl (C=O) groups excluding carboxylic acids is 1. The Labute approximate surface area is 154 Å². The van der Waals surface area contributed by atoms with Crippen molar-refractivity contribution in [1.29, 1.82) is 0 Å². The number of anilines is 1. The van der Waals surface area contributed by atoms with E-state index >= 15 is 0 Å². The van der Waals surface area contributed by atoms with Gasteiger partial charge in [-0.15, -0.1) is 11.3 Å². The summed E-state index contributed by atoms with van der Waals surface area (Å²) in [4.78, 5) is 25.5. The molecular weight excluding hydrogens is 357 g/mol. The van der Waals surface area contributed by atoms with Gasteiger partial charge in [0.15, 0.2) is 5.82 Å². The van der Waals surface area contributed by atoms with Gasteiger partial charge in [-0.2, -0.15) is 0 Å². The largest absolute Gasteiger partial charge is 0.369 e. The number of piperidine rings is 1. The molecular formula is C18H20FN3O3S. The minimum Gasteiger partial charge on any atom is -0.369 e. The zero-order valence-corrected chi connectivity index (χ0v) is 15.0. The zero-order valence-electron chi connectivity index (χ0n) is 14.2. The third kappa shape index (κ3) is 4.37. The maximum atomic E-state index is 14.1. The Morgan fingerprint density at radius 2 is 2.12 bits per heavy atom. The Balaban J connectivity index is 1.49. The molecule has 2 heterocycles. The van der Waals surface area contributed by atoms with Crippen LogP contribution in [0.25, 0.3) is 0 Å². The molecule has 1 aliphatic heterocycles. The SMILES string of the molecule is O=C(NCCc1cccs1)C1CCN(c2ccc([N+](=O)[O-])cc2F)CC1. The first-order valence-corrected chi connectivity index (χ1v) is 9.41. The van der Waals surface area contributed by atoms with Crippen LogP contribution in [0.15, 0.2) is 35.7 Å². The monoisotopic (exact) mass is 377 g/mol. The van der Waals surface area contributed by atoms with Gasteiger partial charge in [-0.1, -0.05) is 6.07 Å². The number of rotatable bonds is 6. The molecule has 1 aliphatic rings. The van der Waals surface area contributed by atoms with E-state index in [1.54, 1.807) is 11.3 Å². The summed E-state index contributed by atoms with van der Waals surface area (Å²) >= 11 is 1.68. The molecule has 0 bridgehead atoms. The zero-order chi connectivity index (χ0) is 18.5. The molecule has 3 rings (SSSR count). The van der Waals surface area contributed by atoms with E-state index in [2.05, 4.69) is 5.32 Å². The number of benzene rings is 1. The average Bonchev–Trinajstić information content (AvgIpc) is 3.15. The predicted molar refractivity (Wildman–Crippen MR) is 99.0 cm³/mol. The van der Waals surface area contributed by atoms with Crippen LogP contribution in [0.1, 0.15) is 17.7 Å². The lowest BCUT2D eigenvalue weighted by Crippen LogP contribution is -2.41. The number of carbonyl (C=O) groups is 1. The molecule has 1 aromatic carbocycles. The lowest BCUT2D eigenvalue weighted by atomic mass is 9.95. The number of nitrogens with zero attached hydrogens (tertiary/aromatic N) is 2. The van der Waals surface area contributed by atoms with Crippen molar-refractivity contribution in [3.8, 4) is 0 Å². The van der Waals surface area contributed by atoms with Gasteiger partial charge >= 0.3 is 0 Å². The number of nitro groups is 1. The number of nitrogens with one attached hydrogen (secondary N) is 1. The highest BCUT2D eigenvalue weighted by molar-refractivity contribution is 7.09. The Bertz CT molecular complexity index is 774. The van der Waals surface area contributed by atoms with Crippen molar-refractivity contribution in [1.82, 2.24) is 5.32 Å². The van der Waals surface area contributed by atoms with Crippen molar-refractivity contribution in [2.45, 2.75) is 19.3 Å².